The summed E-state index contributed by atoms with van der Waals surface area (Å²) in [5.41, 5.74) is 1.18. The Bertz CT molecular complexity index is 814. The lowest BCUT2D eigenvalue weighted by atomic mass is 10.1. The highest BCUT2D eigenvalue weighted by Crippen LogP contribution is 2.42. The van der Waals surface area contributed by atoms with Crippen molar-refractivity contribution in [3.8, 4) is 5.88 Å². The molecule has 0 radical (unpaired) electrons. The molecule has 1 aliphatic carbocycles. The van der Waals surface area contributed by atoms with E-state index in [1.54, 1.807) is 0 Å². The van der Waals surface area contributed by atoms with Gasteiger partial charge in [-0.2, -0.15) is 0 Å². The average molecular weight is 354 g/mol. The number of carbonyl (C=O) groups excluding carboxylic acids is 2. The van der Waals surface area contributed by atoms with Crippen molar-refractivity contribution in [3.05, 3.63) is 15.5 Å². The number of rotatable bonds is 4. The third kappa shape index (κ3) is 2.98. The number of fused-ring (bicyclic) bond motifs is 1. The van der Waals surface area contributed by atoms with Gasteiger partial charge < -0.3 is 15.4 Å². The van der Waals surface area contributed by atoms with Crippen molar-refractivity contribution in [3.63, 3.8) is 0 Å². The van der Waals surface area contributed by atoms with E-state index in [2.05, 4.69) is 15.6 Å². The van der Waals surface area contributed by atoms with Crippen LogP contribution >= 0.6 is 22.9 Å². The molecule has 1 saturated carbocycles. The van der Waals surface area contributed by atoms with Crippen LogP contribution in [0.5, 0.6) is 5.88 Å². The van der Waals surface area contributed by atoms with Crippen molar-refractivity contribution in [1.82, 2.24) is 10.3 Å². The highest BCUT2D eigenvalue weighted by Gasteiger charge is 2.28. The summed E-state index contributed by atoms with van der Waals surface area (Å²) in [4.78, 5) is 29.4. The van der Waals surface area contributed by atoms with E-state index in [0.29, 0.717) is 31.7 Å². The summed E-state index contributed by atoms with van der Waals surface area (Å²) < 4.78 is 5.17. The van der Waals surface area contributed by atoms with E-state index in [9.17, 15) is 9.59 Å². The molecule has 3 rings (SSSR count). The van der Waals surface area contributed by atoms with Crippen molar-refractivity contribution in [2.45, 2.75) is 32.7 Å². The number of methoxy groups -OCH3 is 1. The Morgan fingerprint density at radius 1 is 1.39 bits per heavy atom. The van der Waals surface area contributed by atoms with Gasteiger partial charge in [-0.3, -0.25) is 9.59 Å². The number of carbonyl (C=O) groups is 2. The van der Waals surface area contributed by atoms with Crippen LogP contribution in [0.25, 0.3) is 10.2 Å². The Balaban J connectivity index is 2.19. The maximum atomic E-state index is 12.5. The minimum atomic E-state index is -0.253. The van der Waals surface area contributed by atoms with Crippen molar-refractivity contribution in [1.29, 1.82) is 0 Å². The number of anilines is 1. The molecule has 2 aromatic heterocycles. The Morgan fingerprint density at radius 2 is 2.09 bits per heavy atom. The number of pyridine rings is 1. The fourth-order valence-corrected chi connectivity index (χ4v) is 3.63. The van der Waals surface area contributed by atoms with Crippen LogP contribution < -0.4 is 15.4 Å². The average Bonchev–Trinajstić information content (AvgIpc) is 3.23. The lowest BCUT2D eigenvalue weighted by Gasteiger charge is -2.09. The van der Waals surface area contributed by atoms with Gasteiger partial charge in [0.2, 0.25) is 11.8 Å². The number of hydrogen-bond donors (Lipinski definition) is 2. The van der Waals surface area contributed by atoms with Gasteiger partial charge in [0.05, 0.1) is 12.8 Å². The van der Waals surface area contributed by atoms with Crippen molar-refractivity contribution in [2.75, 3.05) is 12.4 Å². The highest BCUT2D eigenvalue weighted by atomic mass is 35.5. The van der Waals surface area contributed by atoms with Crippen LogP contribution in [0.15, 0.2) is 0 Å². The molecule has 0 aromatic carbocycles. The molecule has 23 heavy (non-hydrogen) atoms. The summed E-state index contributed by atoms with van der Waals surface area (Å²) in [6.45, 7) is 3.22. The Labute approximate surface area is 142 Å². The van der Waals surface area contributed by atoms with E-state index in [1.165, 1.54) is 25.4 Å². The number of nitrogens with zero attached hydrogens (tertiary/aromatic N) is 1. The van der Waals surface area contributed by atoms with Gasteiger partial charge in [0.1, 0.15) is 14.7 Å². The molecule has 2 amide bonds. The van der Waals surface area contributed by atoms with Gasteiger partial charge in [-0.05, 0) is 25.3 Å². The van der Waals surface area contributed by atoms with E-state index >= 15 is 0 Å². The number of aryl methyl sites for hydroxylation is 1. The fourth-order valence-electron chi connectivity index (χ4n) is 2.33. The first kappa shape index (κ1) is 16.0. The first-order valence-electron chi connectivity index (χ1n) is 7.17. The normalized spacial score (nSPS) is 13.9. The summed E-state index contributed by atoms with van der Waals surface area (Å²) in [5.74, 6) is -0.147. The van der Waals surface area contributed by atoms with Gasteiger partial charge in [0, 0.05) is 18.4 Å². The smallest absolute Gasteiger partial charge is 0.263 e. The molecule has 2 N–H and O–H groups in total. The van der Waals surface area contributed by atoms with Gasteiger partial charge in [0.25, 0.3) is 5.91 Å². The topological polar surface area (TPSA) is 80.3 Å². The first-order valence-corrected chi connectivity index (χ1v) is 8.36. The van der Waals surface area contributed by atoms with Crippen molar-refractivity contribution in [2.24, 2.45) is 0 Å². The third-order valence-electron chi connectivity index (χ3n) is 3.60. The number of hydrogen-bond acceptors (Lipinski definition) is 5. The van der Waals surface area contributed by atoms with Crippen molar-refractivity contribution < 1.29 is 14.3 Å². The van der Waals surface area contributed by atoms with E-state index in [0.717, 1.165) is 18.4 Å². The zero-order valence-corrected chi connectivity index (χ0v) is 14.5. The largest absolute Gasteiger partial charge is 0.480 e. The van der Waals surface area contributed by atoms with Gasteiger partial charge in [-0.15, -0.1) is 11.3 Å². The third-order valence-corrected chi connectivity index (χ3v) is 5.13. The molecule has 122 valence electrons. The molecule has 0 bridgehead atoms. The Morgan fingerprint density at radius 3 is 2.65 bits per heavy atom. The number of aromatic nitrogens is 1. The summed E-state index contributed by atoms with van der Waals surface area (Å²) >= 11 is 7.49. The number of thiophene rings is 1. The maximum Gasteiger partial charge on any atom is 0.263 e. The minimum absolute atomic E-state index is 0.200. The van der Waals surface area contributed by atoms with E-state index < -0.39 is 0 Å². The lowest BCUT2D eigenvalue weighted by Crippen LogP contribution is -2.25. The van der Waals surface area contributed by atoms with E-state index in [4.69, 9.17) is 16.3 Å². The predicted octanol–water partition coefficient (Wildman–Crippen LogP) is 3.12. The molecule has 0 aliphatic heterocycles. The number of amides is 2. The van der Waals surface area contributed by atoms with Gasteiger partial charge in [0.15, 0.2) is 0 Å². The quantitative estimate of drug-likeness (QED) is 0.885. The summed E-state index contributed by atoms with van der Waals surface area (Å²) in [6.07, 6.45) is 1.98. The van der Waals surface area contributed by atoms with Crippen LogP contribution in [0.1, 0.15) is 35.0 Å². The second-order valence-electron chi connectivity index (χ2n) is 5.48. The first-order chi connectivity index (χ1) is 10.9. The molecule has 1 fully saturated rings. The van der Waals surface area contributed by atoms with E-state index in [1.807, 2.05) is 6.92 Å². The standard InChI is InChI=1S/C15H16ClN3O3S/c1-6-9-11(17-7(2)20)12(13(21)18-8-4-5-8)23-15(9)19-14(22-3)10(6)16/h8H,4-5H2,1-3H3,(H,17,20)(H,18,21). The monoisotopic (exact) mass is 353 g/mol. The van der Waals surface area contributed by atoms with Crippen LogP contribution in [0, 0.1) is 6.92 Å². The number of nitrogens with one attached hydrogen (secondary N) is 2. The zero-order valence-electron chi connectivity index (χ0n) is 12.9. The van der Waals surface area contributed by atoms with Crippen LogP contribution in [0.2, 0.25) is 5.02 Å². The SMILES string of the molecule is COc1nc2sc(C(=O)NC3CC3)c(NC(C)=O)c2c(C)c1Cl. The van der Waals surface area contributed by atoms with E-state index in [-0.39, 0.29) is 17.9 Å². The molecule has 8 heteroatoms. The summed E-state index contributed by atoms with van der Waals surface area (Å²) in [6, 6.07) is 0.227. The lowest BCUT2D eigenvalue weighted by molar-refractivity contribution is -0.114. The second-order valence-corrected chi connectivity index (χ2v) is 6.85. The molecule has 6 nitrogen and oxygen atoms in total. The summed E-state index contributed by atoms with van der Waals surface area (Å²) in [7, 11) is 1.49. The zero-order chi connectivity index (χ0) is 16.7. The molecular formula is C15H16ClN3O3S. The van der Waals surface area contributed by atoms with Crippen LogP contribution in [0.4, 0.5) is 5.69 Å². The number of ether oxygens (including phenoxy) is 1. The molecule has 0 unspecified atom stereocenters. The Hall–Kier alpha value is -1.86. The van der Waals surface area contributed by atoms with Crippen LogP contribution in [0.3, 0.4) is 0 Å². The van der Waals surface area contributed by atoms with Gasteiger partial charge in [-0.25, -0.2) is 4.98 Å². The predicted molar refractivity (Wildman–Crippen MR) is 90.7 cm³/mol. The van der Waals surface area contributed by atoms with Crippen LogP contribution in [-0.4, -0.2) is 29.9 Å². The second kappa shape index (κ2) is 5.98. The molecule has 0 spiro atoms. The molecular weight excluding hydrogens is 338 g/mol. The molecule has 2 aromatic rings. The minimum Gasteiger partial charge on any atom is -0.480 e. The van der Waals surface area contributed by atoms with Gasteiger partial charge >= 0.3 is 0 Å². The highest BCUT2D eigenvalue weighted by molar-refractivity contribution is 7.21. The Kier molecular flexibility index (Phi) is 4.16. The van der Waals surface area contributed by atoms with Gasteiger partial charge in [-0.1, -0.05) is 11.6 Å². The van der Waals surface area contributed by atoms with Crippen LogP contribution in [-0.2, 0) is 4.79 Å². The molecule has 0 atom stereocenters. The molecule has 1 aliphatic rings. The molecule has 0 saturated heterocycles. The number of halogens is 1. The fraction of sp³-hybridized carbons (Fsp3) is 0.400. The maximum absolute atomic E-state index is 12.5. The van der Waals surface area contributed by atoms with Crippen molar-refractivity contribution >= 4 is 50.7 Å². The summed E-state index contributed by atoms with van der Waals surface area (Å²) in [5, 5.41) is 6.73. The molecule has 2 heterocycles.